The van der Waals surface area contributed by atoms with Crippen molar-refractivity contribution in [3.05, 3.63) is 45.8 Å². The fourth-order valence-electron chi connectivity index (χ4n) is 3.20. The predicted molar refractivity (Wildman–Crippen MR) is 104 cm³/mol. The number of anilines is 1. The van der Waals surface area contributed by atoms with Crippen LogP contribution in [-0.2, 0) is 12.8 Å². The summed E-state index contributed by atoms with van der Waals surface area (Å²) in [4.78, 5) is 25.7. The van der Waals surface area contributed by atoms with Gasteiger partial charge in [0.2, 0.25) is 0 Å². The summed E-state index contributed by atoms with van der Waals surface area (Å²) < 4.78 is 5.53. The molecule has 1 aromatic carbocycles. The van der Waals surface area contributed by atoms with Gasteiger partial charge >= 0.3 is 0 Å². The third-order valence-electron chi connectivity index (χ3n) is 4.57. The molecule has 0 unspecified atom stereocenters. The zero-order valence-corrected chi connectivity index (χ0v) is 15.9. The van der Waals surface area contributed by atoms with Crippen LogP contribution in [0.1, 0.15) is 57.8 Å². The zero-order chi connectivity index (χ0) is 18.7. The molecule has 1 aromatic heterocycles. The van der Waals surface area contributed by atoms with Gasteiger partial charge in [0.1, 0.15) is 10.8 Å². The number of amides is 2. The average Bonchev–Trinajstić information content (AvgIpc) is 2.97. The number of rotatable bonds is 6. The van der Waals surface area contributed by atoms with Crippen LogP contribution in [0.4, 0.5) is 5.00 Å². The van der Waals surface area contributed by atoms with Gasteiger partial charge in [0.25, 0.3) is 11.8 Å². The molecule has 0 fully saturated rings. The molecule has 0 aliphatic heterocycles. The molecule has 3 rings (SSSR count). The number of ether oxygens (including phenoxy) is 1. The highest BCUT2D eigenvalue weighted by molar-refractivity contribution is 7.17. The molecule has 1 aliphatic rings. The van der Waals surface area contributed by atoms with Crippen molar-refractivity contribution < 1.29 is 14.3 Å². The zero-order valence-electron chi connectivity index (χ0n) is 15.1. The second kappa shape index (κ2) is 7.91. The van der Waals surface area contributed by atoms with Crippen molar-refractivity contribution in [2.24, 2.45) is 11.7 Å². The van der Waals surface area contributed by atoms with Gasteiger partial charge in [-0.2, -0.15) is 0 Å². The summed E-state index contributed by atoms with van der Waals surface area (Å²) >= 11 is 1.47. The highest BCUT2D eigenvalue weighted by atomic mass is 32.1. The lowest BCUT2D eigenvalue weighted by Crippen LogP contribution is -2.19. The van der Waals surface area contributed by atoms with Crippen LogP contribution in [0.5, 0.6) is 5.75 Å². The van der Waals surface area contributed by atoms with Gasteiger partial charge in [-0.05, 0) is 61.4 Å². The number of hydrogen-bond acceptors (Lipinski definition) is 4. The maximum atomic E-state index is 12.6. The summed E-state index contributed by atoms with van der Waals surface area (Å²) in [5.74, 6) is 0.597. The van der Waals surface area contributed by atoms with Crippen LogP contribution in [0.25, 0.3) is 0 Å². The summed E-state index contributed by atoms with van der Waals surface area (Å²) in [5, 5.41) is 3.44. The van der Waals surface area contributed by atoms with Crippen LogP contribution in [0.2, 0.25) is 0 Å². The first-order chi connectivity index (χ1) is 12.5. The van der Waals surface area contributed by atoms with Gasteiger partial charge < -0.3 is 15.8 Å². The van der Waals surface area contributed by atoms with Crippen molar-refractivity contribution in [2.75, 3.05) is 11.9 Å². The van der Waals surface area contributed by atoms with Gasteiger partial charge in [0, 0.05) is 10.4 Å². The van der Waals surface area contributed by atoms with Gasteiger partial charge in [-0.3, -0.25) is 9.59 Å². The molecule has 2 amide bonds. The molecule has 0 bridgehead atoms. The standard InChI is InChI=1S/C20H24N2O3S/c1-3-10-25-14-7-5-13(6-8-14)19(24)22-20-17(18(21)23)15-9-4-12(2)11-16(15)26-20/h5-8,12H,3-4,9-11H2,1-2H3,(H2,21,23)(H,22,24)/t12-/m0/s1. The Kier molecular flexibility index (Phi) is 5.61. The minimum Gasteiger partial charge on any atom is -0.494 e. The van der Waals surface area contributed by atoms with Crippen LogP contribution in [0.3, 0.4) is 0 Å². The van der Waals surface area contributed by atoms with Crippen LogP contribution in [0, 0.1) is 5.92 Å². The van der Waals surface area contributed by atoms with Crippen molar-refractivity contribution in [1.29, 1.82) is 0 Å². The average molecular weight is 372 g/mol. The van der Waals surface area contributed by atoms with E-state index in [1.165, 1.54) is 11.3 Å². The Bertz CT molecular complexity index is 811. The van der Waals surface area contributed by atoms with Gasteiger partial charge in [0.05, 0.1) is 12.2 Å². The second-order valence-electron chi connectivity index (χ2n) is 6.75. The lowest BCUT2D eigenvalue weighted by atomic mass is 9.88. The van der Waals surface area contributed by atoms with Crippen molar-refractivity contribution in [3.8, 4) is 5.75 Å². The van der Waals surface area contributed by atoms with Crippen molar-refractivity contribution in [1.82, 2.24) is 0 Å². The summed E-state index contributed by atoms with van der Waals surface area (Å²) in [7, 11) is 0. The molecule has 0 saturated heterocycles. The summed E-state index contributed by atoms with van der Waals surface area (Å²) in [6.07, 6.45) is 3.74. The van der Waals surface area contributed by atoms with Crippen LogP contribution in [0.15, 0.2) is 24.3 Å². The van der Waals surface area contributed by atoms with E-state index in [1.54, 1.807) is 24.3 Å². The fourth-order valence-corrected chi connectivity index (χ4v) is 4.61. The Morgan fingerprint density at radius 1 is 1.31 bits per heavy atom. The van der Waals surface area contributed by atoms with Gasteiger partial charge in [0.15, 0.2) is 0 Å². The first-order valence-corrected chi connectivity index (χ1v) is 9.79. The molecule has 5 nitrogen and oxygen atoms in total. The van der Waals surface area contributed by atoms with E-state index in [0.29, 0.717) is 28.7 Å². The van der Waals surface area contributed by atoms with E-state index >= 15 is 0 Å². The van der Waals surface area contributed by atoms with E-state index < -0.39 is 5.91 Å². The molecule has 3 N–H and O–H groups in total. The molecular formula is C20H24N2O3S. The minimum absolute atomic E-state index is 0.249. The van der Waals surface area contributed by atoms with Gasteiger partial charge in [-0.15, -0.1) is 11.3 Å². The van der Waals surface area contributed by atoms with Crippen molar-refractivity contribution in [3.63, 3.8) is 0 Å². The van der Waals surface area contributed by atoms with E-state index in [4.69, 9.17) is 10.5 Å². The number of nitrogens with two attached hydrogens (primary N) is 1. The van der Waals surface area contributed by atoms with Crippen LogP contribution >= 0.6 is 11.3 Å². The molecule has 0 radical (unpaired) electrons. The molecule has 6 heteroatoms. The highest BCUT2D eigenvalue weighted by Gasteiger charge is 2.27. The van der Waals surface area contributed by atoms with E-state index in [-0.39, 0.29) is 5.91 Å². The number of nitrogens with one attached hydrogen (secondary N) is 1. The van der Waals surface area contributed by atoms with E-state index in [1.807, 2.05) is 6.92 Å². The van der Waals surface area contributed by atoms with Crippen molar-refractivity contribution in [2.45, 2.75) is 39.5 Å². The maximum Gasteiger partial charge on any atom is 0.256 e. The molecule has 0 saturated carbocycles. The monoisotopic (exact) mass is 372 g/mol. The van der Waals surface area contributed by atoms with Crippen LogP contribution in [-0.4, -0.2) is 18.4 Å². The number of carbonyl (C=O) groups excluding carboxylic acids is 2. The van der Waals surface area contributed by atoms with E-state index in [9.17, 15) is 9.59 Å². The van der Waals surface area contributed by atoms with Gasteiger partial charge in [-0.25, -0.2) is 0 Å². The Labute approximate surface area is 157 Å². The van der Waals surface area contributed by atoms with Gasteiger partial charge in [-0.1, -0.05) is 13.8 Å². The Morgan fingerprint density at radius 2 is 2.04 bits per heavy atom. The molecule has 1 aliphatic carbocycles. The highest BCUT2D eigenvalue weighted by Crippen LogP contribution is 2.39. The molecule has 1 atom stereocenters. The smallest absolute Gasteiger partial charge is 0.256 e. The maximum absolute atomic E-state index is 12.6. The summed E-state index contributed by atoms with van der Waals surface area (Å²) in [6, 6.07) is 7.00. The Morgan fingerprint density at radius 3 is 2.69 bits per heavy atom. The third-order valence-corrected chi connectivity index (χ3v) is 5.74. The predicted octanol–water partition coefficient (Wildman–Crippen LogP) is 4.01. The largest absolute Gasteiger partial charge is 0.494 e. The fraction of sp³-hybridized carbons (Fsp3) is 0.400. The SMILES string of the molecule is CCCOc1ccc(C(=O)Nc2sc3c(c2C(N)=O)CC[C@H](C)C3)cc1. The summed E-state index contributed by atoms with van der Waals surface area (Å²) in [6.45, 7) is 4.89. The lowest BCUT2D eigenvalue weighted by Gasteiger charge is -2.18. The first-order valence-electron chi connectivity index (χ1n) is 8.98. The van der Waals surface area contributed by atoms with E-state index in [0.717, 1.165) is 41.9 Å². The molecule has 2 aromatic rings. The number of benzene rings is 1. The van der Waals surface area contributed by atoms with Crippen molar-refractivity contribution >= 4 is 28.2 Å². The molecule has 26 heavy (non-hydrogen) atoms. The topological polar surface area (TPSA) is 81.4 Å². The van der Waals surface area contributed by atoms with E-state index in [2.05, 4.69) is 12.2 Å². The Balaban J connectivity index is 1.80. The number of thiophene rings is 1. The first kappa shape index (κ1) is 18.5. The molecule has 1 heterocycles. The molecule has 138 valence electrons. The summed E-state index contributed by atoms with van der Waals surface area (Å²) in [5.41, 5.74) is 7.61. The van der Waals surface area contributed by atoms with Crippen LogP contribution < -0.4 is 15.8 Å². The second-order valence-corrected chi connectivity index (χ2v) is 7.85. The minimum atomic E-state index is -0.476. The number of fused-ring (bicyclic) bond motifs is 1. The quantitative estimate of drug-likeness (QED) is 0.804. The third kappa shape index (κ3) is 3.90. The lowest BCUT2D eigenvalue weighted by molar-refractivity contribution is 0.1000. The molecular weight excluding hydrogens is 348 g/mol. The molecule has 0 spiro atoms. The number of carbonyl (C=O) groups is 2. The number of hydrogen-bond donors (Lipinski definition) is 2. The number of primary amides is 1. The normalized spacial score (nSPS) is 16.0. The Hall–Kier alpha value is -2.34.